The third-order valence-corrected chi connectivity index (χ3v) is 4.30. The highest BCUT2D eigenvalue weighted by Crippen LogP contribution is 2.45. The number of aromatic nitrogens is 2. The molecule has 0 spiro atoms. The molecule has 3 N–H and O–H groups in total. The lowest BCUT2D eigenvalue weighted by atomic mass is 10.0. The zero-order valence-electron chi connectivity index (χ0n) is 15.2. The summed E-state index contributed by atoms with van der Waals surface area (Å²) in [5.74, 6) is 3.13. The minimum atomic E-state index is -0.198. The summed E-state index contributed by atoms with van der Waals surface area (Å²) in [6, 6.07) is 6.88. The van der Waals surface area contributed by atoms with Crippen molar-refractivity contribution in [1.29, 1.82) is 0 Å². The Bertz CT molecular complexity index is 872. The van der Waals surface area contributed by atoms with Gasteiger partial charge in [-0.2, -0.15) is 0 Å². The normalized spacial score (nSPS) is 13.2. The van der Waals surface area contributed by atoms with Crippen LogP contribution in [-0.4, -0.2) is 48.0 Å². The van der Waals surface area contributed by atoms with E-state index in [-0.39, 0.29) is 18.2 Å². The van der Waals surface area contributed by atoms with Gasteiger partial charge in [0.1, 0.15) is 11.4 Å². The number of benzene rings is 1. The molecule has 0 aliphatic heterocycles. The summed E-state index contributed by atoms with van der Waals surface area (Å²) >= 11 is 0. The Kier molecular flexibility index (Phi) is 6.01. The molecule has 0 radical (unpaired) electrons. The molecular formula is C20H22N4O3. The van der Waals surface area contributed by atoms with Crippen molar-refractivity contribution in [3.63, 3.8) is 0 Å². The van der Waals surface area contributed by atoms with Crippen LogP contribution in [0.3, 0.4) is 0 Å². The van der Waals surface area contributed by atoms with Crippen LogP contribution in [0, 0.1) is 12.3 Å². The summed E-state index contributed by atoms with van der Waals surface area (Å²) in [7, 11) is 1.61. The van der Waals surface area contributed by atoms with E-state index in [2.05, 4.69) is 26.8 Å². The fraction of sp³-hybridized carbons (Fsp3) is 0.350. The Hall–Kier alpha value is -2.95. The van der Waals surface area contributed by atoms with Crippen LogP contribution in [0.2, 0.25) is 0 Å². The Morgan fingerprint density at radius 1 is 1.37 bits per heavy atom. The van der Waals surface area contributed by atoms with E-state index in [4.69, 9.17) is 11.2 Å². The van der Waals surface area contributed by atoms with Gasteiger partial charge in [0.05, 0.1) is 13.2 Å². The largest absolute Gasteiger partial charge is 0.507 e. The quantitative estimate of drug-likeness (QED) is 0.488. The van der Waals surface area contributed by atoms with Crippen molar-refractivity contribution in [2.75, 3.05) is 32.1 Å². The average molecular weight is 366 g/mol. The summed E-state index contributed by atoms with van der Waals surface area (Å²) in [5.41, 5.74) is 2.77. The van der Waals surface area contributed by atoms with Gasteiger partial charge in [-0.15, -0.1) is 16.6 Å². The zero-order chi connectivity index (χ0) is 19.2. The molecule has 1 aromatic heterocycles. The highest BCUT2D eigenvalue weighted by Gasteiger charge is 2.29. The van der Waals surface area contributed by atoms with Crippen LogP contribution in [0.25, 0.3) is 11.3 Å². The Morgan fingerprint density at radius 3 is 2.85 bits per heavy atom. The van der Waals surface area contributed by atoms with Crippen LogP contribution in [0.15, 0.2) is 24.3 Å². The van der Waals surface area contributed by atoms with E-state index >= 15 is 0 Å². The summed E-state index contributed by atoms with van der Waals surface area (Å²) in [4.78, 5) is 12.0. The fourth-order valence-corrected chi connectivity index (χ4v) is 2.77. The first-order valence-electron chi connectivity index (χ1n) is 8.79. The van der Waals surface area contributed by atoms with E-state index < -0.39 is 0 Å². The van der Waals surface area contributed by atoms with Gasteiger partial charge in [-0.1, -0.05) is 5.92 Å². The maximum absolute atomic E-state index is 12.0. The number of nitrogens with zero attached hydrogens (tertiary/aromatic N) is 2. The number of phenols is 1. The highest BCUT2D eigenvalue weighted by molar-refractivity contribution is 5.91. The monoisotopic (exact) mass is 366 g/mol. The number of carbonyl (C=O) groups excluding carboxylic acids is 1. The third-order valence-electron chi connectivity index (χ3n) is 4.30. The molecule has 1 amide bonds. The predicted octanol–water partition coefficient (Wildman–Crippen LogP) is 1.88. The number of phenolic OH excluding ortho intramolecular Hbond substituents is 1. The summed E-state index contributed by atoms with van der Waals surface area (Å²) < 4.78 is 4.92. The van der Waals surface area contributed by atoms with Gasteiger partial charge in [-0.25, -0.2) is 0 Å². The van der Waals surface area contributed by atoms with Gasteiger partial charge >= 0.3 is 0 Å². The lowest BCUT2D eigenvalue weighted by Crippen LogP contribution is -2.30. The van der Waals surface area contributed by atoms with Crippen molar-refractivity contribution in [3.8, 4) is 29.4 Å². The molecular weight excluding hydrogens is 344 g/mol. The number of aromatic hydroxyl groups is 1. The molecule has 1 heterocycles. The average Bonchev–Trinajstić information content (AvgIpc) is 3.50. The SMILES string of the molecule is C#Cc1ccc(-c2nnc(NC(=O)CNCCOC)cc2C2CC2)c(O)c1. The van der Waals surface area contributed by atoms with Gasteiger partial charge in [0.15, 0.2) is 5.82 Å². The number of nitrogens with one attached hydrogen (secondary N) is 2. The zero-order valence-corrected chi connectivity index (χ0v) is 15.2. The van der Waals surface area contributed by atoms with Crippen molar-refractivity contribution in [3.05, 3.63) is 35.4 Å². The molecule has 7 heteroatoms. The van der Waals surface area contributed by atoms with E-state index in [1.54, 1.807) is 19.2 Å². The first-order chi connectivity index (χ1) is 13.1. The van der Waals surface area contributed by atoms with Crippen molar-refractivity contribution in [2.45, 2.75) is 18.8 Å². The smallest absolute Gasteiger partial charge is 0.239 e. The van der Waals surface area contributed by atoms with Crippen LogP contribution < -0.4 is 10.6 Å². The van der Waals surface area contributed by atoms with Gasteiger partial charge in [0.25, 0.3) is 0 Å². The number of hydrogen-bond acceptors (Lipinski definition) is 6. The first-order valence-corrected chi connectivity index (χ1v) is 8.79. The van der Waals surface area contributed by atoms with E-state index in [0.717, 1.165) is 18.4 Å². The summed E-state index contributed by atoms with van der Waals surface area (Å²) in [6.45, 7) is 1.30. The van der Waals surface area contributed by atoms with Gasteiger partial charge in [0.2, 0.25) is 5.91 Å². The molecule has 0 bridgehead atoms. The second kappa shape index (κ2) is 8.62. The van der Waals surface area contributed by atoms with Crippen molar-refractivity contribution in [1.82, 2.24) is 15.5 Å². The topological polar surface area (TPSA) is 96.4 Å². The van der Waals surface area contributed by atoms with Gasteiger partial charge in [0, 0.05) is 24.8 Å². The molecule has 2 aromatic rings. The molecule has 27 heavy (non-hydrogen) atoms. The number of amides is 1. The number of anilines is 1. The van der Waals surface area contributed by atoms with E-state index in [1.807, 2.05) is 6.07 Å². The van der Waals surface area contributed by atoms with Crippen molar-refractivity contribution >= 4 is 11.7 Å². The summed E-state index contributed by atoms with van der Waals surface area (Å²) in [6.07, 6.45) is 7.47. The van der Waals surface area contributed by atoms with Crippen LogP contribution in [0.5, 0.6) is 5.75 Å². The van der Waals surface area contributed by atoms with Crippen LogP contribution in [0.4, 0.5) is 5.82 Å². The van der Waals surface area contributed by atoms with Crippen molar-refractivity contribution in [2.24, 2.45) is 0 Å². The number of methoxy groups -OCH3 is 1. The third kappa shape index (κ3) is 4.82. The standard InChI is InChI=1S/C20H22N4O3/c1-3-13-4-7-15(17(25)10-13)20-16(14-5-6-14)11-18(23-24-20)22-19(26)12-21-8-9-27-2/h1,4,7,10-11,14,21,25H,5-6,8-9,12H2,2H3,(H,22,23,26). The Morgan fingerprint density at radius 2 is 2.19 bits per heavy atom. The molecule has 3 rings (SSSR count). The maximum atomic E-state index is 12.0. The van der Waals surface area contributed by atoms with E-state index in [9.17, 15) is 9.90 Å². The second-order valence-corrected chi connectivity index (χ2v) is 6.40. The van der Waals surface area contributed by atoms with E-state index in [0.29, 0.717) is 41.7 Å². The fourth-order valence-electron chi connectivity index (χ4n) is 2.77. The molecule has 1 saturated carbocycles. The van der Waals surface area contributed by atoms with Crippen LogP contribution in [-0.2, 0) is 9.53 Å². The predicted molar refractivity (Wildman–Crippen MR) is 102 cm³/mol. The number of hydrogen-bond donors (Lipinski definition) is 3. The Balaban J connectivity index is 1.78. The van der Waals surface area contributed by atoms with Gasteiger partial charge in [-0.05, 0) is 48.6 Å². The Labute approximate surface area is 158 Å². The van der Waals surface area contributed by atoms with Gasteiger partial charge in [-0.3, -0.25) is 4.79 Å². The van der Waals surface area contributed by atoms with Crippen LogP contribution >= 0.6 is 0 Å². The molecule has 140 valence electrons. The second-order valence-electron chi connectivity index (χ2n) is 6.40. The molecule has 1 aromatic carbocycles. The molecule has 1 fully saturated rings. The van der Waals surface area contributed by atoms with E-state index in [1.165, 1.54) is 6.07 Å². The maximum Gasteiger partial charge on any atom is 0.239 e. The number of ether oxygens (including phenoxy) is 1. The molecule has 1 aliphatic rings. The molecule has 1 aliphatic carbocycles. The molecule has 0 atom stereocenters. The number of carbonyl (C=O) groups is 1. The van der Waals surface area contributed by atoms with Gasteiger partial charge < -0.3 is 20.5 Å². The first kappa shape index (κ1) is 18.8. The minimum Gasteiger partial charge on any atom is -0.507 e. The number of rotatable bonds is 8. The molecule has 0 saturated heterocycles. The number of terminal acetylenes is 1. The molecule has 7 nitrogen and oxygen atoms in total. The lowest BCUT2D eigenvalue weighted by Gasteiger charge is -2.12. The lowest BCUT2D eigenvalue weighted by molar-refractivity contribution is -0.115. The van der Waals surface area contributed by atoms with Crippen molar-refractivity contribution < 1.29 is 14.6 Å². The summed E-state index contributed by atoms with van der Waals surface area (Å²) in [5, 5.41) is 24.4. The van der Waals surface area contributed by atoms with Crippen LogP contribution in [0.1, 0.15) is 29.9 Å². The highest BCUT2D eigenvalue weighted by atomic mass is 16.5. The minimum absolute atomic E-state index is 0.0702. The molecule has 0 unspecified atom stereocenters.